The van der Waals surface area contributed by atoms with E-state index < -0.39 is 5.91 Å². The highest BCUT2D eigenvalue weighted by Crippen LogP contribution is 2.29. The summed E-state index contributed by atoms with van der Waals surface area (Å²) in [5, 5.41) is 11.9. The number of carbonyl (C=O) groups excluding carboxylic acids is 1. The molecule has 0 aliphatic carbocycles. The predicted octanol–water partition coefficient (Wildman–Crippen LogP) is 4.76. The summed E-state index contributed by atoms with van der Waals surface area (Å²) in [6.07, 6.45) is 0. The zero-order chi connectivity index (χ0) is 19.4. The first-order valence-electron chi connectivity index (χ1n) is 8.58. The molecule has 0 saturated carbocycles. The van der Waals surface area contributed by atoms with Crippen LogP contribution in [0.5, 0.6) is 5.75 Å². The molecule has 0 unspecified atom stereocenters. The number of rotatable bonds is 5. The fourth-order valence-electron chi connectivity index (χ4n) is 2.61. The van der Waals surface area contributed by atoms with Crippen molar-refractivity contribution in [2.45, 2.75) is 20.8 Å². The topological polar surface area (TPSA) is 75.3 Å². The highest BCUT2D eigenvalue weighted by Gasteiger charge is 2.15. The lowest BCUT2D eigenvalue weighted by atomic mass is 10.1. The van der Waals surface area contributed by atoms with Gasteiger partial charge in [0.05, 0.1) is 0 Å². The van der Waals surface area contributed by atoms with Crippen molar-refractivity contribution in [3.63, 3.8) is 0 Å². The van der Waals surface area contributed by atoms with Crippen molar-refractivity contribution in [2.75, 3.05) is 11.9 Å². The fourth-order valence-corrected chi connectivity index (χ4v) is 2.61. The number of ether oxygens (including phenoxy) is 1. The lowest BCUT2D eigenvalue weighted by Gasteiger charge is -2.10. The molecule has 5 nitrogen and oxygen atoms in total. The molecule has 0 saturated heterocycles. The molecule has 1 heterocycles. The summed E-state index contributed by atoms with van der Waals surface area (Å²) in [4.78, 5) is 12.2. The molecule has 136 valence electrons. The molecule has 0 radical (unpaired) electrons. The van der Waals surface area contributed by atoms with E-state index in [1.54, 1.807) is 6.07 Å². The van der Waals surface area contributed by atoms with Crippen molar-refractivity contribution in [3.8, 4) is 23.1 Å². The quantitative estimate of drug-likeness (QED) is 0.712. The Morgan fingerprint density at radius 3 is 2.59 bits per heavy atom. The van der Waals surface area contributed by atoms with Gasteiger partial charge in [0.1, 0.15) is 23.1 Å². The molecule has 0 spiro atoms. The maximum absolute atomic E-state index is 12.2. The van der Waals surface area contributed by atoms with Crippen LogP contribution in [0.2, 0.25) is 0 Å². The van der Waals surface area contributed by atoms with Gasteiger partial charge in [0, 0.05) is 11.6 Å². The molecular weight excluding hydrogens is 340 g/mol. The van der Waals surface area contributed by atoms with E-state index in [-0.39, 0.29) is 18.1 Å². The first-order valence-corrected chi connectivity index (χ1v) is 8.58. The SMILES string of the molecule is Cc1ccc(-c2cc(C#N)c(NC(=O)COc3cccc(C)c3C)o2)cc1. The van der Waals surface area contributed by atoms with Crippen LogP contribution in [0.4, 0.5) is 5.88 Å². The normalized spacial score (nSPS) is 10.3. The third-order valence-corrected chi connectivity index (χ3v) is 4.36. The van der Waals surface area contributed by atoms with Gasteiger partial charge in [0.25, 0.3) is 5.91 Å². The van der Waals surface area contributed by atoms with Crippen LogP contribution in [0.3, 0.4) is 0 Å². The summed E-state index contributed by atoms with van der Waals surface area (Å²) in [6.45, 7) is 5.75. The molecule has 0 aliphatic rings. The Morgan fingerprint density at radius 1 is 1.15 bits per heavy atom. The number of amides is 1. The zero-order valence-corrected chi connectivity index (χ0v) is 15.5. The van der Waals surface area contributed by atoms with Gasteiger partial charge in [0.2, 0.25) is 5.88 Å². The maximum Gasteiger partial charge on any atom is 0.264 e. The van der Waals surface area contributed by atoms with Gasteiger partial charge in [-0.15, -0.1) is 0 Å². The summed E-state index contributed by atoms with van der Waals surface area (Å²) >= 11 is 0. The third-order valence-electron chi connectivity index (χ3n) is 4.36. The molecular formula is C22H20N2O3. The van der Waals surface area contributed by atoms with Crippen LogP contribution in [-0.2, 0) is 4.79 Å². The smallest absolute Gasteiger partial charge is 0.264 e. The van der Waals surface area contributed by atoms with Gasteiger partial charge in [-0.2, -0.15) is 5.26 Å². The van der Waals surface area contributed by atoms with Crippen molar-refractivity contribution in [3.05, 3.63) is 70.8 Å². The Kier molecular flexibility index (Phi) is 5.28. The largest absolute Gasteiger partial charge is 0.483 e. The number of hydrogen-bond donors (Lipinski definition) is 1. The second-order valence-electron chi connectivity index (χ2n) is 6.37. The zero-order valence-electron chi connectivity index (χ0n) is 15.5. The van der Waals surface area contributed by atoms with E-state index in [0.717, 1.165) is 22.3 Å². The lowest BCUT2D eigenvalue weighted by molar-refractivity contribution is -0.118. The molecule has 27 heavy (non-hydrogen) atoms. The van der Waals surface area contributed by atoms with Crippen molar-refractivity contribution in [1.29, 1.82) is 5.26 Å². The Balaban J connectivity index is 1.71. The van der Waals surface area contributed by atoms with E-state index in [9.17, 15) is 10.1 Å². The monoisotopic (exact) mass is 360 g/mol. The number of benzene rings is 2. The molecule has 0 atom stereocenters. The Labute approximate surface area is 158 Å². The predicted molar refractivity (Wildman–Crippen MR) is 104 cm³/mol. The first kappa shape index (κ1) is 18.3. The average molecular weight is 360 g/mol. The van der Waals surface area contributed by atoms with Crippen LogP contribution in [0.25, 0.3) is 11.3 Å². The standard InChI is InChI=1S/C22H20N2O3/c1-14-7-9-17(10-8-14)20-11-18(12-23)22(27-20)24-21(25)13-26-19-6-4-5-15(2)16(19)3/h4-11H,13H2,1-3H3,(H,24,25). The van der Waals surface area contributed by atoms with Gasteiger partial charge in [-0.3, -0.25) is 10.1 Å². The number of nitrogens with one attached hydrogen (secondary N) is 1. The molecule has 1 aromatic heterocycles. The third kappa shape index (κ3) is 4.18. The van der Waals surface area contributed by atoms with E-state index >= 15 is 0 Å². The first-order chi connectivity index (χ1) is 13.0. The average Bonchev–Trinajstić information content (AvgIpc) is 3.06. The number of hydrogen-bond acceptors (Lipinski definition) is 4. The van der Waals surface area contributed by atoms with Crippen LogP contribution in [0.1, 0.15) is 22.3 Å². The van der Waals surface area contributed by atoms with Gasteiger partial charge in [-0.05, 0) is 38.0 Å². The molecule has 1 N–H and O–H groups in total. The number of aryl methyl sites for hydroxylation is 2. The van der Waals surface area contributed by atoms with Crippen molar-refractivity contribution < 1.29 is 13.9 Å². The van der Waals surface area contributed by atoms with Crippen LogP contribution < -0.4 is 10.1 Å². The Hall–Kier alpha value is -3.52. The molecule has 0 bridgehead atoms. The molecule has 3 aromatic rings. The molecule has 0 fully saturated rings. The van der Waals surface area contributed by atoms with Gasteiger partial charge >= 0.3 is 0 Å². The summed E-state index contributed by atoms with van der Waals surface area (Å²) < 4.78 is 11.3. The van der Waals surface area contributed by atoms with E-state index in [0.29, 0.717) is 11.5 Å². The van der Waals surface area contributed by atoms with Gasteiger partial charge in [-0.25, -0.2) is 0 Å². The summed E-state index contributed by atoms with van der Waals surface area (Å²) in [5.41, 5.74) is 4.31. The molecule has 2 aromatic carbocycles. The van der Waals surface area contributed by atoms with E-state index in [1.807, 2.05) is 69.3 Å². The fraction of sp³-hybridized carbons (Fsp3) is 0.182. The van der Waals surface area contributed by atoms with E-state index in [2.05, 4.69) is 5.32 Å². The molecule has 1 amide bonds. The van der Waals surface area contributed by atoms with Gasteiger partial charge in [0.15, 0.2) is 6.61 Å². The van der Waals surface area contributed by atoms with Gasteiger partial charge < -0.3 is 9.15 Å². The number of anilines is 1. The number of nitriles is 1. The second-order valence-corrected chi connectivity index (χ2v) is 6.37. The van der Waals surface area contributed by atoms with E-state index in [4.69, 9.17) is 9.15 Å². The number of furan rings is 1. The highest BCUT2D eigenvalue weighted by molar-refractivity contribution is 5.92. The summed E-state index contributed by atoms with van der Waals surface area (Å²) in [7, 11) is 0. The van der Waals surface area contributed by atoms with Crippen molar-refractivity contribution >= 4 is 11.8 Å². The van der Waals surface area contributed by atoms with Crippen LogP contribution in [0.15, 0.2) is 52.9 Å². The second kappa shape index (κ2) is 7.79. The Bertz CT molecular complexity index is 1010. The van der Waals surface area contributed by atoms with Crippen LogP contribution in [-0.4, -0.2) is 12.5 Å². The van der Waals surface area contributed by atoms with Crippen molar-refractivity contribution in [1.82, 2.24) is 0 Å². The summed E-state index contributed by atoms with van der Waals surface area (Å²) in [5.74, 6) is 0.919. The Morgan fingerprint density at radius 2 is 1.89 bits per heavy atom. The van der Waals surface area contributed by atoms with Crippen LogP contribution >= 0.6 is 0 Å². The van der Waals surface area contributed by atoms with Crippen molar-refractivity contribution in [2.24, 2.45) is 0 Å². The van der Waals surface area contributed by atoms with Gasteiger partial charge in [-0.1, -0.05) is 42.0 Å². The van der Waals surface area contributed by atoms with E-state index in [1.165, 1.54) is 0 Å². The van der Waals surface area contributed by atoms with Crippen LogP contribution in [0, 0.1) is 32.1 Å². The minimum atomic E-state index is -0.391. The number of nitrogens with zero attached hydrogens (tertiary/aromatic N) is 1. The number of carbonyl (C=O) groups is 1. The molecule has 3 rings (SSSR count). The lowest BCUT2D eigenvalue weighted by Crippen LogP contribution is -2.20. The molecule has 5 heteroatoms. The molecule has 0 aliphatic heterocycles. The minimum Gasteiger partial charge on any atom is -0.483 e. The maximum atomic E-state index is 12.2. The summed E-state index contributed by atoms with van der Waals surface area (Å²) in [6, 6.07) is 17.1. The minimum absolute atomic E-state index is 0.127. The highest BCUT2D eigenvalue weighted by atomic mass is 16.5.